The van der Waals surface area contributed by atoms with Gasteiger partial charge in [0.1, 0.15) is 11.6 Å². The standard InChI is InChI=1S/C12H9ClFIN2O/c1-7-16-5-11(15)12(18)17(7)6-8-2-3-9(13)4-10(8)14/h2-5H,6H2,1H3. The summed E-state index contributed by atoms with van der Waals surface area (Å²) >= 11 is 7.60. The van der Waals surface area contributed by atoms with Crippen molar-refractivity contribution in [2.24, 2.45) is 0 Å². The van der Waals surface area contributed by atoms with E-state index in [1.54, 1.807) is 19.1 Å². The molecule has 0 aliphatic rings. The van der Waals surface area contributed by atoms with Crippen LogP contribution in [0.4, 0.5) is 4.39 Å². The minimum atomic E-state index is -0.423. The van der Waals surface area contributed by atoms with E-state index in [9.17, 15) is 9.18 Å². The summed E-state index contributed by atoms with van der Waals surface area (Å²) in [6, 6.07) is 4.41. The Labute approximate surface area is 122 Å². The Hall–Kier alpha value is -0.950. The SMILES string of the molecule is Cc1ncc(I)c(=O)n1Cc1ccc(Cl)cc1F. The van der Waals surface area contributed by atoms with Crippen molar-refractivity contribution in [3.05, 3.63) is 60.5 Å². The van der Waals surface area contributed by atoms with Crippen molar-refractivity contribution in [2.45, 2.75) is 13.5 Å². The molecule has 0 amide bonds. The van der Waals surface area contributed by atoms with Crippen molar-refractivity contribution >= 4 is 34.2 Å². The average Bonchev–Trinajstić information content (AvgIpc) is 2.32. The first kappa shape index (κ1) is 13.5. The summed E-state index contributed by atoms with van der Waals surface area (Å²) in [4.78, 5) is 16.0. The van der Waals surface area contributed by atoms with Crippen molar-refractivity contribution < 1.29 is 4.39 Å². The molecule has 94 valence electrons. The van der Waals surface area contributed by atoms with Crippen molar-refractivity contribution in [2.75, 3.05) is 0 Å². The second kappa shape index (κ2) is 5.36. The van der Waals surface area contributed by atoms with Gasteiger partial charge < -0.3 is 0 Å². The highest BCUT2D eigenvalue weighted by molar-refractivity contribution is 14.1. The molecule has 0 radical (unpaired) electrons. The summed E-state index contributed by atoms with van der Waals surface area (Å²) in [5.74, 6) is 0.127. The number of halogens is 3. The van der Waals surface area contributed by atoms with Gasteiger partial charge in [-0.05, 0) is 41.6 Å². The first-order valence-electron chi connectivity index (χ1n) is 5.15. The normalized spacial score (nSPS) is 10.7. The number of benzene rings is 1. The van der Waals surface area contributed by atoms with Crippen LogP contribution >= 0.6 is 34.2 Å². The largest absolute Gasteiger partial charge is 0.291 e. The van der Waals surface area contributed by atoms with E-state index in [1.807, 2.05) is 22.6 Å². The molecule has 2 rings (SSSR count). The molecule has 0 N–H and O–H groups in total. The molecule has 0 unspecified atom stereocenters. The van der Waals surface area contributed by atoms with E-state index in [0.29, 0.717) is 20.0 Å². The van der Waals surface area contributed by atoms with Crippen molar-refractivity contribution in [3.8, 4) is 0 Å². The summed E-state index contributed by atoms with van der Waals surface area (Å²) in [5, 5.41) is 0.334. The fraction of sp³-hybridized carbons (Fsp3) is 0.167. The van der Waals surface area contributed by atoms with Gasteiger partial charge >= 0.3 is 0 Å². The molecule has 0 bridgehead atoms. The fourth-order valence-corrected chi connectivity index (χ4v) is 2.15. The van der Waals surface area contributed by atoms with E-state index in [-0.39, 0.29) is 12.1 Å². The van der Waals surface area contributed by atoms with Gasteiger partial charge in [0, 0.05) is 16.8 Å². The Kier molecular flexibility index (Phi) is 4.01. The zero-order chi connectivity index (χ0) is 13.3. The molecule has 3 nitrogen and oxygen atoms in total. The van der Waals surface area contributed by atoms with Gasteiger partial charge in [0.05, 0.1) is 10.1 Å². The lowest BCUT2D eigenvalue weighted by molar-refractivity contribution is 0.589. The topological polar surface area (TPSA) is 34.9 Å². The molecule has 2 aromatic rings. The van der Waals surface area contributed by atoms with Crippen LogP contribution in [0.25, 0.3) is 0 Å². The number of aromatic nitrogens is 2. The first-order chi connectivity index (χ1) is 8.49. The fourth-order valence-electron chi connectivity index (χ4n) is 1.56. The summed E-state index contributed by atoms with van der Waals surface area (Å²) in [7, 11) is 0. The third kappa shape index (κ3) is 2.72. The van der Waals surface area contributed by atoms with Crippen LogP contribution in [0.1, 0.15) is 11.4 Å². The van der Waals surface area contributed by atoms with Crippen molar-refractivity contribution in [1.82, 2.24) is 9.55 Å². The van der Waals surface area contributed by atoms with Crippen LogP contribution in [-0.2, 0) is 6.54 Å². The summed E-state index contributed by atoms with van der Waals surface area (Å²) in [6.45, 7) is 1.86. The van der Waals surface area contributed by atoms with Gasteiger partial charge in [0.25, 0.3) is 5.56 Å². The highest BCUT2D eigenvalue weighted by Crippen LogP contribution is 2.15. The van der Waals surface area contributed by atoms with Gasteiger partial charge in [-0.1, -0.05) is 17.7 Å². The van der Waals surface area contributed by atoms with Crippen LogP contribution in [0.15, 0.2) is 29.2 Å². The molecular formula is C12H9ClFIN2O. The van der Waals surface area contributed by atoms with Gasteiger partial charge in [0.15, 0.2) is 0 Å². The molecule has 0 fully saturated rings. The monoisotopic (exact) mass is 378 g/mol. The minimum Gasteiger partial charge on any atom is -0.291 e. The van der Waals surface area contributed by atoms with Crippen LogP contribution in [0.2, 0.25) is 5.02 Å². The molecule has 0 saturated carbocycles. The summed E-state index contributed by atoms with van der Waals surface area (Å²) in [6.07, 6.45) is 1.51. The van der Waals surface area contributed by atoms with Gasteiger partial charge in [-0.2, -0.15) is 0 Å². The van der Waals surface area contributed by atoms with E-state index in [4.69, 9.17) is 11.6 Å². The van der Waals surface area contributed by atoms with Crippen molar-refractivity contribution in [3.63, 3.8) is 0 Å². The molecule has 0 atom stereocenters. The first-order valence-corrected chi connectivity index (χ1v) is 6.60. The second-order valence-electron chi connectivity index (χ2n) is 3.78. The van der Waals surface area contributed by atoms with Crippen LogP contribution in [0.5, 0.6) is 0 Å². The number of aryl methyl sites for hydroxylation is 1. The number of hydrogen-bond acceptors (Lipinski definition) is 2. The molecule has 18 heavy (non-hydrogen) atoms. The molecular weight excluding hydrogens is 370 g/mol. The van der Waals surface area contributed by atoms with Gasteiger partial charge in [-0.3, -0.25) is 9.36 Å². The van der Waals surface area contributed by atoms with Crippen LogP contribution in [-0.4, -0.2) is 9.55 Å². The van der Waals surface area contributed by atoms with Crippen LogP contribution in [0.3, 0.4) is 0 Å². The molecule has 0 saturated heterocycles. The van der Waals surface area contributed by atoms with E-state index < -0.39 is 5.82 Å². The lowest BCUT2D eigenvalue weighted by Gasteiger charge is -2.10. The number of rotatable bonds is 2. The Morgan fingerprint density at radius 3 is 2.89 bits per heavy atom. The maximum atomic E-state index is 13.7. The van der Waals surface area contributed by atoms with E-state index >= 15 is 0 Å². The average molecular weight is 379 g/mol. The maximum absolute atomic E-state index is 13.7. The molecule has 1 aromatic heterocycles. The lowest BCUT2D eigenvalue weighted by atomic mass is 10.2. The molecule has 0 spiro atoms. The van der Waals surface area contributed by atoms with Gasteiger partial charge in [0.2, 0.25) is 0 Å². The van der Waals surface area contributed by atoms with Crippen LogP contribution < -0.4 is 5.56 Å². The Morgan fingerprint density at radius 2 is 2.22 bits per heavy atom. The van der Waals surface area contributed by atoms with E-state index in [1.165, 1.54) is 16.8 Å². The molecule has 1 aromatic carbocycles. The Morgan fingerprint density at radius 1 is 1.50 bits per heavy atom. The van der Waals surface area contributed by atoms with Gasteiger partial charge in [-0.25, -0.2) is 9.37 Å². The van der Waals surface area contributed by atoms with Crippen molar-refractivity contribution in [1.29, 1.82) is 0 Å². The van der Waals surface area contributed by atoms with E-state index in [0.717, 1.165) is 0 Å². The molecule has 0 aliphatic carbocycles. The molecule has 1 heterocycles. The Balaban J connectivity index is 2.46. The summed E-state index contributed by atoms with van der Waals surface area (Å²) < 4.78 is 15.6. The predicted molar refractivity (Wildman–Crippen MR) is 76.5 cm³/mol. The third-order valence-electron chi connectivity index (χ3n) is 2.55. The highest BCUT2D eigenvalue weighted by atomic mass is 127. The zero-order valence-electron chi connectivity index (χ0n) is 9.45. The summed E-state index contributed by atoms with van der Waals surface area (Å²) in [5.41, 5.74) is 0.242. The molecule has 6 heteroatoms. The van der Waals surface area contributed by atoms with Gasteiger partial charge in [-0.15, -0.1) is 0 Å². The third-order valence-corrected chi connectivity index (χ3v) is 3.52. The van der Waals surface area contributed by atoms with E-state index in [2.05, 4.69) is 4.98 Å². The smallest absolute Gasteiger partial charge is 0.267 e. The maximum Gasteiger partial charge on any atom is 0.267 e. The highest BCUT2D eigenvalue weighted by Gasteiger charge is 2.09. The second-order valence-corrected chi connectivity index (χ2v) is 5.38. The lowest BCUT2D eigenvalue weighted by Crippen LogP contribution is -2.26. The predicted octanol–water partition coefficient (Wildman–Crippen LogP) is 3.00. The van der Waals surface area contributed by atoms with Crippen LogP contribution in [0, 0.1) is 16.3 Å². The minimum absolute atomic E-state index is 0.150. The molecule has 0 aliphatic heterocycles. The number of hydrogen-bond donors (Lipinski definition) is 0. The zero-order valence-corrected chi connectivity index (χ0v) is 12.4. The quantitative estimate of drug-likeness (QED) is 0.753. The Bertz CT molecular complexity index is 657. The number of nitrogens with zero attached hydrogens (tertiary/aromatic N) is 2.